The van der Waals surface area contributed by atoms with Crippen molar-refractivity contribution < 1.29 is 24.4 Å². The summed E-state index contributed by atoms with van der Waals surface area (Å²) in [6, 6.07) is 15.7. The summed E-state index contributed by atoms with van der Waals surface area (Å²) >= 11 is 0. The van der Waals surface area contributed by atoms with Crippen molar-refractivity contribution >= 4 is 5.97 Å². The number of benzene rings is 2. The molecule has 0 aliphatic rings. The molecule has 0 radical (unpaired) electrons. The molecule has 198 valence electrons. The number of esters is 1. The van der Waals surface area contributed by atoms with Gasteiger partial charge in [0.25, 0.3) is 0 Å². The summed E-state index contributed by atoms with van der Waals surface area (Å²) in [5, 5.41) is 8.66. The maximum Gasteiger partial charge on any atom is 0.338 e. The quantitative estimate of drug-likeness (QED) is 0.0694. The van der Waals surface area contributed by atoms with Crippen LogP contribution in [-0.4, -0.2) is 30.5 Å². The van der Waals surface area contributed by atoms with Gasteiger partial charge in [-0.3, -0.25) is 5.26 Å². The zero-order valence-electron chi connectivity index (χ0n) is 22.1. The zero-order chi connectivity index (χ0) is 26.0. The SMILES string of the molecule is C=CC(CCCCCCCCCCOc1ccc(-c2ccc(C(=O)OCC(C)CC)cc2)cc1)OO. The Kier molecular flexibility index (Phi) is 14.6. The smallest absolute Gasteiger partial charge is 0.338 e. The molecule has 2 aromatic rings. The first kappa shape index (κ1) is 29.6. The van der Waals surface area contributed by atoms with E-state index in [1.807, 2.05) is 36.4 Å². The van der Waals surface area contributed by atoms with Crippen LogP contribution in [-0.2, 0) is 9.62 Å². The highest BCUT2D eigenvalue weighted by Gasteiger charge is 2.09. The van der Waals surface area contributed by atoms with Crippen LogP contribution in [0.25, 0.3) is 11.1 Å². The average molecular weight is 497 g/mol. The first-order valence-electron chi connectivity index (χ1n) is 13.5. The van der Waals surface area contributed by atoms with E-state index >= 15 is 0 Å². The molecule has 0 aliphatic carbocycles. The maximum atomic E-state index is 12.2. The molecule has 0 saturated heterocycles. The highest BCUT2D eigenvalue weighted by atomic mass is 17.1. The topological polar surface area (TPSA) is 65.0 Å². The molecule has 2 rings (SSSR count). The van der Waals surface area contributed by atoms with Crippen LogP contribution in [0.2, 0.25) is 0 Å². The van der Waals surface area contributed by atoms with Crippen molar-refractivity contribution in [3.05, 3.63) is 66.7 Å². The molecule has 5 heteroatoms. The molecule has 5 nitrogen and oxygen atoms in total. The van der Waals surface area contributed by atoms with Gasteiger partial charge in [0.2, 0.25) is 0 Å². The fraction of sp³-hybridized carbons (Fsp3) is 0.516. The van der Waals surface area contributed by atoms with E-state index in [2.05, 4.69) is 37.4 Å². The molecule has 0 aromatic heterocycles. The number of hydrogen-bond acceptors (Lipinski definition) is 5. The summed E-state index contributed by atoms with van der Waals surface area (Å²) in [5.74, 6) is 0.992. The molecule has 2 atom stereocenters. The Morgan fingerprint density at radius 2 is 1.44 bits per heavy atom. The van der Waals surface area contributed by atoms with E-state index in [1.54, 1.807) is 6.08 Å². The molecule has 0 bridgehead atoms. The van der Waals surface area contributed by atoms with Gasteiger partial charge in [0.05, 0.1) is 18.8 Å². The second kappa shape index (κ2) is 17.7. The lowest BCUT2D eigenvalue weighted by Crippen LogP contribution is -2.11. The highest BCUT2D eigenvalue weighted by molar-refractivity contribution is 5.90. The van der Waals surface area contributed by atoms with E-state index in [1.165, 1.54) is 38.5 Å². The van der Waals surface area contributed by atoms with E-state index < -0.39 is 0 Å². The molecule has 0 fully saturated rings. The number of unbranched alkanes of at least 4 members (excludes halogenated alkanes) is 7. The average Bonchev–Trinajstić information content (AvgIpc) is 2.92. The molecule has 2 unspecified atom stereocenters. The standard InChI is InChI=1S/C31H44O5/c1-4-25(3)24-35-31(32)28-17-15-26(16-18-28)27-19-21-30(22-20-27)34-23-13-11-9-7-6-8-10-12-14-29(5-2)36-33/h5,15-22,25,29,33H,2,4,6-14,23-24H2,1,3H3. The van der Waals surface area contributed by atoms with Gasteiger partial charge in [0.1, 0.15) is 11.9 Å². The number of carbonyl (C=O) groups is 1. The van der Waals surface area contributed by atoms with Crippen LogP contribution in [0.5, 0.6) is 5.75 Å². The Labute approximate surface area is 217 Å². The van der Waals surface area contributed by atoms with E-state index in [4.69, 9.17) is 14.7 Å². The number of carbonyl (C=O) groups excluding carboxylic acids is 1. The third-order valence-electron chi connectivity index (χ3n) is 6.55. The van der Waals surface area contributed by atoms with Gasteiger partial charge in [-0.1, -0.05) is 95.6 Å². The lowest BCUT2D eigenvalue weighted by Gasteiger charge is -2.10. The molecular weight excluding hydrogens is 452 g/mol. The van der Waals surface area contributed by atoms with Crippen molar-refractivity contribution in [3.8, 4) is 16.9 Å². The van der Waals surface area contributed by atoms with Gasteiger partial charge in [-0.15, -0.1) is 6.58 Å². The normalized spacial score (nSPS) is 12.6. The van der Waals surface area contributed by atoms with Crippen LogP contribution >= 0.6 is 0 Å². The Morgan fingerprint density at radius 3 is 2.00 bits per heavy atom. The van der Waals surface area contributed by atoms with Crippen molar-refractivity contribution in [1.29, 1.82) is 0 Å². The van der Waals surface area contributed by atoms with E-state index in [-0.39, 0.29) is 12.1 Å². The largest absolute Gasteiger partial charge is 0.494 e. The molecule has 36 heavy (non-hydrogen) atoms. The van der Waals surface area contributed by atoms with Crippen molar-refractivity contribution in [3.63, 3.8) is 0 Å². The third kappa shape index (κ3) is 11.4. The number of ether oxygens (including phenoxy) is 2. The van der Waals surface area contributed by atoms with Gasteiger partial charge in [0, 0.05) is 0 Å². The molecule has 0 saturated carbocycles. The Morgan fingerprint density at radius 1 is 0.889 bits per heavy atom. The summed E-state index contributed by atoms with van der Waals surface area (Å²) < 4.78 is 11.3. The van der Waals surface area contributed by atoms with E-state index in [9.17, 15) is 4.79 Å². The van der Waals surface area contributed by atoms with E-state index in [0.717, 1.165) is 49.2 Å². The molecule has 0 heterocycles. The van der Waals surface area contributed by atoms with Crippen LogP contribution in [0.3, 0.4) is 0 Å². The Bertz CT molecular complexity index is 860. The van der Waals surface area contributed by atoms with Gasteiger partial charge in [0.15, 0.2) is 0 Å². The third-order valence-corrected chi connectivity index (χ3v) is 6.55. The summed E-state index contributed by atoms with van der Waals surface area (Å²) in [4.78, 5) is 16.5. The summed E-state index contributed by atoms with van der Waals surface area (Å²) in [7, 11) is 0. The number of hydrogen-bond donors (Lipinski definition) is 1. The summed E-state index contributed by atoms with van der Waals surface area (Å²) in [5.41, 5.74) is 2.73. The maximum absolute atomic E-state index is 12.2. The van der Waals surface area contributed by atoms with Crippen molar-refractivity contribution in [2.45, 2.75) is 84.2 Å². The van der Waals surface area contributed by atoms with Crippen LogP contribution < -0.4 is 4.74 Å². The lowest BCUT2D eigenvalue weighted by molar-refractivity contribution is -0.267. The molecule has 1 N–H and O–H groups in total. The van der Waals surface area contributed by atoms with Crippen LogP contribution in [0.15, 0.2) is 61.2 Å². The highest BCUT2D eigenvalue weighted by Crippen LogP contribution is 2.23. The van der Waals surface area contributed by atoms with Crippen LogP contribution in [0, 0.1) is 5.92 Å². The number of rotatable bonds is 19. The van der Waals surface area contributed by atoms with Crippen molar-refractivity contribution in [2.24, 2.45) is 5.92 Å². The fourth-order valence-corrected chi connectivity index (χ4v) is 3.87. The molecule has 2 aromatic carbocycles. The van der Waals surface area contributed by atoms with Crippen molar-refractivity contribution in [1.82, 2.24) is 0 Å². The van der Waals surface area contributed by atoms with Gasteiger partial charge >= 0.3 is 5.97 Å². The van der Waals surface area contributed by atoms with Gasteiger partial charge < -0.3 is 9.47 Å². The second-order valence-corrected chi connectivity index (χ2v) is 9.56. The zero-order valence-corrected chi connectivity index (χ0v) is 22.1. The Hall–Kier alpha value is -2.63. The minimum absolute atomic E-state index is 0.232. The molecule has 0 spiro atoms. The predicted molar refractivity (Wildman–Crippen MR) is 146 cm³/mol. The minimum Gasteiger partial charge on any atom is -0.494 e. The van der Waals surface area contributed by atoms with Crippen LogP contribution in [0.4, 0.5) is 0 Å². The monoisotopic (exact) mass is 496 g/mol. The predicted octanol–water partition coefficient (Wildman–Crippen LogP) is 8.49. The Balaban J connectivity index is 1.59. The molecular formula is C31H44O5. The summed E-state index contributed by atoms with van der Waals surface area (Å²) in [6.45, 7) is 9.00. The molecule has 0 aliphatic heterocycles. The van der Waals surface area contributed by atoms with Gasteiger partial charge in [-0.05, 0) is 54.2 Å². The second-order valence-electron chi connectivity index (χ2n) is 9.56. The fourth-order valence-electron chi connectivity index (χ4n) is 3.87. The lowest BCUT2D eigenvalue weighted by atomic mass is 10.0. The van der Waals surface area contributed by atoms with Gasteiger partial charge in [-0.2, -0.15) is 0 Å². The van der Waals surface area contributed by atoms with Gasteiger partial charge in [-0.25, -0.2) is 9.68 Å². The summed E-state index contributed by atoms with van der Waals surface area (Å²) in [6.07, 6.45) is 12.7. The molecule has 0 amide bonds. The van der Waals surface area contributed by atoms with E-state index in [0.29, 0.717) is 18.1 Å². The first-order chi connectivity index (χ1) is 17.6. The van der Waals surface area contributed by atoms with Crippen LogP contribution in [0.1, 0.15) is 88.4 Å². The first-order valence-corrected chi connectivity index (χ1v) is 13.5. The minimum atomic E-state index is -0.266. The van der Waals surface area contributed by atoms with Crippen molar-refractivity contribution in [2.75, 3.05) is 13.2 Å².